The second-order valence-electron chi connectivity index (χ2n) is 9.67. The molecule has 2 aromatic carbocycles. The molecule has 0 bridgehead atoms. The van der Waals surface area contributed by atoms with Crippen molar-refractivity contribution in [3.8, 4) is 0 Å². The van der Waals surface area contributed by atoms with E-state index in [2.05, 4.69) is 9.80 Å². The molecule has 7 nitrogen and oxygen atoms in total. The van der Waals surface area contributed by atoms with Gasteiger partial charge in [-0.15, -0.1) is 0 Å². The Balaban J connectivity index is 1.33. The molecule has 0 atom stereocenters. The Morgan fingerprint density at radius 2 is 1.61 bits per heavy atom. The molecule has 1 aromatic heterocycles. The maximum Gasteiger partial charge on any atom is 0.416 e. The number of carbonyl (C=O) groups is 1. The van der Waals surface area contributed by atoms with Crippen LogP contribution in [0.15, 0.2) is 48.5 Å². The van der Waals surface area contributed by atoms with E-state index < -0.39 is 17.6 Å². The lowest BCUT2D eigenvalue weighted by atomic mass is 10.0. The lowest BCUT2D eigenvalue weighted by Gasteiger charge is -2.37. The number of aromatic nitrogens is 2. The number of halogens is 4. The van der Waals surface area contributed by atoms with E-state index in [1.165, 1.54) is 24.3 Å². The molecule has 0 saturated carbocycles. The van der Waals surface area contributed by atoms with Crippen molar-refractivity contribution < 1.29 is 22.4 Å². The number of benzene rings is 2. The molecule has 5 rings (SSSR count). The van der Waals surface area contributed by atoms with Crippen molar-refractivity contribution in [2.75, 3.05) is 61.5 Å². The molecule has 200 valence electrons. The highest BCUT2D eigenvalue weighted by Crippen LogP contribution is 2.32. The third-order valence-corrected chi connectivity index (χ3v) is 6.93. The summed E-state index contributed by atoms with van der Waals surface area (Å²) in [4.78, 5) is 30.5. The van der Waals surface area contributed by atoms with Gasteiger partial charge in [-0.25, -0.2) is 9.37 Å². The summed E-state index contributed by atoms with van der Waals surface area (Å²) in [5.41, 5.74) is 1.77. The van der Waals surface area contributed by atoms with Gasteiger partial charge in [0.25, 0.3) is 5.91 Å². The van der Waals surface area contributed by atoms with Crippen molar-refractivity contribution in [2.24, 2.45) is 0 Å². The van der Waals surface area contributed by atoms with E-state index in [0.29, 0.717) is 37.8 Å². The number of piperazine rings is 1. The Morgan fingerprint density at radius 1 is 0.921 bits per heavy atom. The second kappa shape index (κ2) is 10.1. The summed E-state index contributed by atoms with van der Waals surface area (Å²) in [6, 6.07) is 11.0. The van der Waals surface area contributed by atoms with Crippen LogP contribution in [0.3, 0.4) is 0 Å². The van der Waals surface area contributed by atoms with E-state index in [0.717, 1.165) is 42.2 Å². The maximum absolute atomic E-state index is 13.3. The number of rotatable bonds is 4. The fourth-order valence-electron chi connectivity index (χ4n) is 4.90. The van der Waals surface area contributed by atoms with Crippen LogP contribution in [0.1, 0.15) is 27.2 Å². The van der Waals surface area contributed by atoms with Crippen LogP contribution in [-0.4, -0.2) is 67.6 Å². The fraction of sp³-hybridized carbons (Fsp3) is 0.370. The summed E-state index contributed by atoms with van der Waals surface area (Å²) in [6.45, 7) is 3.44. The molecule has 0 aliphatic carbocycles. The zero-order chi connectivity index (χ0) is 27.0. The first-order chi connectivity index (χ1) is 18.1. The Labute approximate surface area is 218 Å². The highest BCUT2D eigenvalue weighted by Gasteiger charge is 2.33. The molecule has 1 amide bonds. The molecule has 38 heavy (non-hydrogen) atoms. The largest absolute Gasteiger partial charge is 0.416 e. The molecule has 3 heterocycles. The molecule has 0 spiro atoms. The number of hydrogen-bond acceptors (Lipinski definition) is 6. The van der Waals surface area contributed by atoms with Crippen molar-refractivity contribution in [1.82, 2.24) is 14.9 Å². The number of hydrogen-bond donors (Lipinski definition) is 0. The van der Waals surface area contributed by atoms with Gasteiger partial charge in [0.1, 0.15) is 11.6 Å². The number of alkyl halides is 3. The van der Waals surface area contributed by atoms with Crippen molar-refractivity contribution in [2.45, 2.75) is 19.1 Å². The Hall–Kier alpha value is -3.89. The zero-order valence-corrected chi connectivity index (χ0v) is 21.2. The van der Waals surface area contributed by atoms with Gasteiger partial charge in [0, 0.05) is 70.1 Å². The minimum Gasteiger partial charge on any atom is -0.368 e. The van der Waals surface area contributed by atoms with Crippen LogP contribution in [0.4, 0.5) is 35.0 Å². The standard InChI is InChI=1S/C27H28F4N6O/c1-34(2)24-22-17-37(25(38)18-4-3-5-19(16-18)27(29,30)31)11-10-23(22)32-26(33-24)36-14-12-35(13-15-36)21-8-6-20(28)7-9-21/h3-9,16H,10-15,17H2,1-2H3. The number of amides is 1. The smallest absolute Gasteiger partial charge is 0.368 e. The van der Waals surface area contributed by atoms with Crippen LogP contribution in [0.25, 0.3) is 0 Å². The first-order valence-electron chi connectivity index (χ1n) is 12.4. The Bertz CT molecular complexity index is 1320. The normalized spacial score (nSPS) is 15.9. The van der Waals surface area contributed by atoms with E-state index in [1.807, 2.05) is 19.0 Å². The summed E-state index contributed by atoms with van der Waals surface area (Å²) in [7, 11) is 3.73. The van der Waals surface area contributed by atoms with E-state index in [9.17, 15) is 22.4 Å². The van der Waals surface area contributed by atoms with Crippen molar-refractivity contribution in [1.29, 1.82) is 0 Å². The first-order valence-corrected chi connectivity index (χ1v) is 12.4. The van der Waals surface area contributed by atoms with E-state index in [-0.39, 0.29) is 17.9 Å². The van der Waals surface area contributed by atoms with Gasteiger partial charge in [0.15, 0.2) is 0 Å². The average Bonchev–Trinajstić information content (AvgIpc) is 2.92. The predicted octanol–water partition coefficient (Wildman–Crippen LogP) is 4.23. The van der Waals surface area contributed by atoms with Crippen LogP contribution in [0.5, 0.6) is 0 Å². The third kappa shape index (κ3) is 5.23. The monoisotopic (exact) mass is 528 g/mol. The minimum atomic E-state index is -4.52. The van der Waals surface area contributed by atoms with E-state index in [1.54, 1.807) is 17.0 Å². The van der Waals surface area contributed by atoms with Crippen LogP contribution >= 0.6 is 0 Å². The van der Waals surface area contributed by atoms with Gasteiger partial charge in [0.2, 0.25) is 5.95 Å². The third-order valence-electron chi connectivity index (χ3n) is 6.93. The van der Waals surface area contributed by atoms with Crippen LogP contribution in [0, 0.1) is 5.82 Å². The fourth-order valence-corrected chi connectivity index (χ4v) is 4.90. The van der Waals surface area contributed by atoms with Gasteiger partial charge in [-0.3, -0.25) is 4.79 Å². The summed E-state index contributed by atoms with van der Waals surface area (Å²) in [5.74, 6) is 0.588. The highest BCUT2D eigenvalue weighted by atomic mass is 19.4. The lowest BCUT2D eigenvalue weighted by molar-refractivity contribution is -0.137. The van der Waals surface area contributed by atoms with Crippen molar-refractivity contribution in [3.63, 3.8) is 0 Å². The van der Waals surface area contributed by atoms with Crippen LogP contribution in [-0.2, 0) is 19.1 Å². The maximum atomic E-state index is 13.3. The Morgan fingerprint density at radius 3 is 2.26 bits per heavy atom. The van der Waals surface area contributed by atoms with Crippen LogP contribution in [0.2, 0.25) is 0 Å². The van der Waals surface area contributed by atoms with Gasteiger partial charge in [-0.2, -0.15) is 18.2 Å². The molecule has 0 N–H and O–H groups in total. The van der Waals surface area contributed by atoms with Gasteiger partial charge >= 0.3 is 6.18 Å². The average molecular weight is 529 g/mol. The van der Waals surface area contributed by atoms with Gasteiger partial charge in [-0.05, 0) is 42.5 Å². The van der Waals surface area contributed by atoms with E-state index in [4.69, 9.17) is 9.97 Å². The molecular formula is C27H28F4N6O. The molecule has 1 saturated heterocycles. The molecular weight excluding hydrogens is 500 g/mol. The number of carbonyl (C=O) groups excluding carboxylic acids is 1. The summed E-state index contributed by atoms with van der Waals surface area (Å²) in [5, 5.41) is 0. The molecule has 3 aromatic rings. The predicted molar refractivity (Wildman–Crippen MR) is 137 cm³/mol. The quantitative estimate of drug-likeness (QED) is 0.473. The molecule has 0 radical (unpaired) electrons. The zero-order valence-electron chi connectivity index (χ0n) is 21.2. The molecule has 11 heteroatoms. The molecule has 2 aliphatic rings. The lowest BCUT2D eigenvalue weighted by Crippen LogP contribution is -2.47. The summed E-state index contributed by atoms with van der Waals surface area (Å²) >= 11 is 0. The SMILES string of the molecule is CN(C)c1nc(N2CCN(c3ccc(F)cc3)CC2)nc2c1CN(C(=O)c1cccc(C(F)(F)F)c1)CC2. The summed E-state index contributed by atoms with van der Waals surface area (Å²) < 4.78 is 52.8. The molecule has 0 unspecified atom stereocenters. The van der Waals surface area contributed by atoms with Gasteiger partial charge in [-0.1, -0.05) is 6.07 Å². The summed E-state index contributed by atoms with van der Waals surface area (Å²) in [6.07, 6.45) is -4.04. The van der Waals surface area contributed by atoms with Crippen LogP contribution < -0.4 is 14.7 Å². The molecule has 1 fully saturated rings. The topological polar surface area (TPSA) is 55.8 Å². The second-order valence-corrected chi connectivity index (χ2v) is 9.67. The van der Waals surface area contributed by atoms with Gasteiger partial charge < -0.3 is 19.6 Å². The number of fused-ring (bicyclic) bond motifs is 1. The minimum absolute atomic E-state index is 0.00578. The molecule has 2 aliphatic heterocycles. The Kier molecular flexibility index (Phi) is 6.85. The first kappa shape index (κ1) is 25.7. The van der Waals surface area contributed by atoms with Gasteiger partial charge in [0.05, 0.1) is 17.8 Å². The van der Waals surface area contributed by atoms with E-state index >= 15 is 0 Å². The van der Waals surface area contributed by atoms with Crippen molar-refractivity contribution in [3.05, 3.63) is 76.7 Å². The highest BCUT2D eigenvalue weighted by molar-refractivity contribution is 5.94. The number of nitrogens with zero attached hydrogens (tertiary/aromatic N) is 6. The van der Waals surface area contributed by atoms with Crippen molar-refractivity contribution >= 4 is 23.4 Å². The number of anilines is 3.